The highest BCUT2D eigenvalue weighted by Crippen LogP contribution is 2.18. The molecule has 0 aliphatic heterocycles. The Morgan fingerprint density at radius 1 is 0.396 bits per heavy atom. The first-order chi connectivity index (χ1) is 49.7. The predicted octanol–water partition coefficient (Wildman–Crippen LogP) is -3.74. The number of carbonyl (C=O) groups is 17. The van der Waals surface area contributed by atoms with E-state index in [9.17, 15) is 107 Å². The molecule has 0 unspecified atom stereocenters. The van der Waals surface area contributed by atoms with Gasteiger partial charge in [-0.25, -0.2) is 4.79 Å². The summed E-state index contributed by atoms with van der Waals surface area (Å²) in [5.74, 6) is -21.1. The molecular formula is C68H103N15O23. The number of aromatic hydroxyl groups is 2. The maximum atomic E-state index is 14.6. The van der Waals surface area contributed by atoms with Gasteiger partial charge in [0.25, 0.3) is 0 Å². The van der Waals surface area contributed by atoms with Crippen LogP contribution in [0, 0.1) is 17.8 Å². The van der Waals surface area contributed by atoms with Gasteiger partial charge in [0.2, 0.25) is 76.8 Å². The molecule has 588 valence electrons. The normalized spacial score (nSPS) is 14.5. The summed E-state index contributed by atoms with van der Waals surface area (Å²) in [6.45, 7) is 9.14. The topological polar surface area (TPSA) is 648 Å². The molecule has 0 radical (unpaired) electrons. The van der Waals surface area contributed by atoms with E-state index in [0.717, 1.165) is 0 Å². The van der Waals surface area contributed by atoms with Crippen molar-refractivity contribution in [2.24, 2.45) is 40.7 Å². The monoisotopic (exact) mass is 1500 g/mol. The van der Waals surface area contributed by atoms with Crippen molar-refractivity contribution in [2.45, 2.75) is 217 Å². The molecule has 25 N–H and O–H groups in total. The molecule has 0 aliphatic rings. The van der Waals surface area contributed by atoms with Crippen LogP contribution < -0.4 is 81.4 Å². The molecule has 0 bridgehead atoms. The van der Waals surface area contributed by atoms with Gasteiger partial charge in [0.1, 0.15) is 71.9 Å². The second-order valence-corrected chi connectivity index (χ2v) is 26.4. The molecule has 2 aromatic carbocycles. The van der Waals surface area contributed by atoms with Crippen molar-refractivity contribution in [3.05, 3.63) is 59.7 Å². The number of hydrogen-bond acceptors (Lipinski definition) is 21. The molecule has 0 aliphatic carbocycles. The van der Waals surface area contributed by atoms with Gasteiger partial charge >= 0.3 is 23.9 Å². The van der Waals surface area contributed by atoms with Gasteiger partial charge in [-0.15, -0.1) is 0 Å². The Bertz CT molecular complexity index is 3380. The maximum absolute atomic E-state index is 14.6. The summed E-state index contributed by atoms with van der Waals surface area (Å²) >= 11 is 0. The van der Waals surface area contributed by atoms with Crippen LogP contribution in [0.4, 0.5) is 0 Å². The van der Waals surface area contributed by atoms with Gasteiger partial charge in [0.05, 0.1) is 19.0 Å². The zero-order chi connectivity index (χ0) is 80.1. The number of carboxylic acid groups (broad SMARTS) is 4. The highest BCUT2D eigenvalue weighted by Gasteiger charge is 2.38. The van der Waals surface area contributed by atoms with Crippen LogP contribution in [0.2, 0.25) is 0 Å². The fourth-order valence-corrected chi connectivity index (χ4v) is 10.4. The summed E-state index contributed by atoms with van der Waals surface area (Å²) < 4.78 is 0. The number of benzene rings is 2. The van der Waals surface area contributed by atoms with Gasteiger partial charge in [-0.1, -0.05) is 72.2 Å². The van der Waals surface area contributed by atoms with E-state index in [-0.39, 0.29) is 67.5 Å². The second kappa shape index (κ2) is 46.6. The van der Waals surface area contributed by atoms with E-state index >= 15 is 0 Å². The standard InChI is InChI=1S/C68H103N15O23/c1-7-36(6)57(68(105)106)83-67(104)50(31-38-13-17-40(85)18-14-38)82-63(100)44(20-24-52(72)87)75-62(99)45(21-25-54(89)90)78-66(103)49(30-37-11-15-39(84)16-12-37)81-60(97)42(10-8-9-27-69)74-53(88)33-73-59(96)47(28-34(2)3)80-64(101)46(22-26-55(91)92)76-61(98)43(19-23-51(71)86)77-65(102)48(29-35(4)5)79-58(95)41(70)32-56(93)94/h11-18,34-36,41-50,57,84-85H,7-10,19-33,69-70H2,1-6H3,(H2,71,86)(H2,72,87)(H,73,96)(H,74,88)(H,75,99)(H,76,98)(H,77,102)(H,78,103)(H,79,95)(H,80,101)(H,81,97)(H,82,100)(H,83,104)(H,89,90)(H,91,92)(H,93,94)(H,105,106)/t36-,41-,42-,43-,44-,45-,46-,47-,48-,49-,50-,57-/m0/s1. The lowest BCUT2D eigenvalue weighted by Gasteiger charge is -2.28. The van der Waals surface area contributed by atoms with Crippen LogP contribution in [0.15, 0.2) is 48.5 Å². The number of carbonyl (C=O) groups excluding carboxylic acids is 13. The van der Waals surface area contributed by atoms with Crippen LogP contribution in [0.25, 0.3) is 0 Å². The molecule has 106 heavy (non-hydrogen) atoms. The molecule has 13 amide bonds. The number of carboxylic acids is 4. The van der Waals surface area contributed by atoms with Gasteiger partial charge in [-0.2, -0.15) is 0 Å². The molecule has 0 saturated heterocycles. The van der Waals surface area contributed by atoms with E-state index in [1.165, 1.54) is 48.5 Å². The first kappa shape index (κ1) is 91.0. The molecule has 2 rings (SSSR count). The van der Waals surface area contributed by atoms with Crippen LogP contribution >= 0.6 is 0 Å². The van der Waals surface area contributed by atoms with Crippen LogP contribution in [0.1, 0.15) is 149 Å². The minimum Gasteiger partial charge on any atom is -0.508 e. The highest BCUT2D eigenvalue weighted by molar-refractivity contribution is 6.00. The van der Waals surface area contributed by atoms with Gasteiger partial charge in [0.15, 0.2) is 0 Å². The molecule has 0 saturated carbocycles. The van der Waals surface area contributed by atoms with Crippen LogP contribution in [0.3, 0.4) is 0 Å². The van der Waals surface area contributed by atoms with Crippen molar-refractivity contribution in [3.63, 3.8) is 0 Å². The Morgan fingerprint density at radius 3 is 1.08 bits per heavy atom. The van der Waals surface area contributed by atoms with E-state index in [1.807, 2.05) is 0 Å². The molecule has 12 atom stereocenters. The molecule has 0 heterocycles. The minimum absolute atomic E-state index is 0.0633. The number of amides is 13. The Balaban J connectivity index is 2.54. The number of rotatable bonds is 51. The summed E-state index contributed by atoms with van der Waals surface area (Å²) in [6.07, 6.45) is -6.07. The third kappa shape index (κ3) is 35.4. The largest absolute Gasteiger partial charge is 0.508 e. The molecular weight excluding hydrogens is 1390 g/mol. The summed E-state index contributed by atoms with van der Waals surface area (Å²) in [4.78, 5) is 226. The van der Waals surface area contributed by atoms with Gasteiger partial charge < -0.3 is 112 Å². The third-order valence-corrected chi connectivity index (χ3v) is 16.4. The van der Waals surface area contributed by atoms with Crippen molar-refractivity contribution >= 4 is 101 Å². The number of aliphatic carboxylic acids is 4. The number of primary amides is 2. The Labute approximate surface area is 611 Å². The first-order valence-electron chi connectivity index (χ1n) is 34.5. The van der Waals surface area contributed by atoms with Gasteiger partial charge in [-0.05, 0) is 117 Å². The fourth-order valence-electron chi connectivity index (χ4n) is 10.4. The van der Waals surface area contributed by atoms with Gasteiger partial charge in [-0.3, -0.25) is 76.7 Å². The zero-order valence-electron chi connectivity index (χ0n) is 60.1. The summed E-state index contributed by atoms with van der Waals surface area (Å²) in [5, 5.41) is 85.1. The van der Waals surface area contributed by atoms with Gasteiger partial charge in [0, 0.05) is 38.5 Å². The highest BCUT2D eigenvalue weighted by atomic mass is 16.4. The van der Waals surface area contributed by atoms with Crippen molar-refractivity contribution in [1.82, 2.24) is 58.5 Å². The fraction of sp³-hybridized carbons (Fsp3) is 0.574. The average molecular weight is 1500 g/mol. The first-order valence-corrected chi connectivity index (χ1v) is 34.5. The van der Waals surface area contributed by atoms with Crippen LogP contribution in [-0.2, 0) is 94.3 Å². The maximum Gasteiger partial charge on any atom is 0.326 e. The predicted molar refractivity (Wildman–Crippen MR) is 376 cm³/mol. The number of unbranched alkanes of at least 4 members (excludes halogenated alkanes) is 1. The number of phenolic OH excluding ortho intramolecular Hbond substituents is 2. The van der Waals surface area contributed by atoms with Crippen LogP contribution in [0.5, 0.6) is 11.5 Å². The third-order valence-electron chi connectivity index (χ3n) is 16.4. The lowest BCUT2D eigenvalue weighted by molar-refractivity contribution is -0.144. The Morgan fingerprint density at radius 2 is 0.726 bits per heavy atom. The Kier molecular flexibility index (Phi) is 40.0. The molecule has 38 heteroatoms. The molecule has 0 fully saturated rings. The number of nitrogens with one attached hydrogen (secondary N) is 11. The molecule has 38 nitrogen and oxygen atoms in total. The van der Waals surface area contributed by atoms with Crippen molar-refractivity contribution in [1.29, 1.82) is 0 Å². The second-order valence-electron chi connectivity index (χ2n) is 26.4. The lowest BCUT2D eigenvalue weighted by Crippen LogP contribution is -2.60. The van der Waals surface area contributed by atoms with E-state index < -0.39 is 244 Å². The molecule has 0 spiro atoms. The number of nitrogens with two attached hydrogens (primary N) is 4. The SMILES string of the molecule is CC[C@H](C)[C@H](NC(=O)[C@H](Cc1ccc(O)cc1)NC(=O)[C@H](CCC(N)=O)NC(=O)[C@H](CCC(=O)O)NC(=O)[C@H](Cc1ccc(O)cc1)NC(=O)[C@H](CCCCN)NC(=O)CNC(=O)[C@H](CC(C)C)NC(=O)[C@H](CCC(=O)O)NC(=O)[C@H](CCC(N)=O)NC(=O)[C@H](CC(C)C)NC(=O)[C@@H](N)CC(=O)O)C(=O)O. The number of hydrogen-bond donors (Lipinski definition) is 21. The van der Waals surface area contributed by atoms with E-state index in [4.69, 9.17) is 28.0 Å². The zero-order valence-corrected chi connectivity index (χ0v) is 60.1. The van der Waals surface area contributed by atoms with E-state index in [0.29, 0.717) is 18.4 Å². The van der Waals surface area contributed by atoms with Crippen molar-refractivity contribution < 1.29 is 112 Å². The Hall–Kier alpha value is -11.0. The summed E-state index contributed by atoms with van der Waals surface area (Å²) in [6, 6.07) is -7.20. The van der Waals surface area contributed by atoms with Crippen molar-refractivity contribution in [3.8, 4) is 11.5 Å². The van der Waals surface area contributed by atoms with Crippen molar-refractivity contribution in [2.75, 3.05) is 13.1 Å². The average Bonchev–Trinajstić information content (AvgIpc) is 0.846. The van der Waals surface area contributed by atoms with Crippen LogP contribution in [-0.4, -0.2) is 211 Å². The summed E-state index contributed by atoms with van der Waals surface area (Å²) in [5.41, 5.74) is 22.9. The lowest BCUT2D eigenvalue weighted by atomic mass is 9.98. The summed E-state index contributed by atoms with van der Waals surface area (Å²) in [7, 11) is 0. The van der Waals surface area contributed by atoms with E-state index in [1.54, 1.807) is 41.5 Å². The smallest absolute Gasteiger partial charge is 0.326 e. The minimum atomic E-state index is -1.86. The number of phenols is 2. The quantitative estimate of drug-likeness (QED) is 0.0283. The molecule has 0 aromatic heterocycles. The molecule has 2 aromatic rings. The van der Waals surface area contributed by atoms with E-state index in [2.05, 4.69) is 58.5 Å².